The molecule has 0 aliphatic rings. The minimum atomic E-state index is -0.0989. The van der Waals surface area contributed by atoms with Gasteiger partial charge < -0.3 is 4.74 Å². The third kappa shape index (κ3) is 4.86. The third-order valence-corrected chi connectivity index (χ3v) is 2.77. The number of ether oxygens (including phenoxy) is 1. The zero-order valence-electron chi connectivity index (χ0n) is 11.9. The molecule has 2 heteroatoms. The van der Waals surface area contributed by atoms with E-state index in [1.807, 2.05) is 18.3 Å². The van der Waals surface area contributed by atoms with E-state index in [-0.39, 0.29) is 11.0 Å². The average molecular weight is 235 g/mol. The lowest BCUT2D eigenvalue weighted by molar-refractivity contribution is -0.0248. The van der Waals surface area contributed by atoms with Crippen LogP contribution in [-0.4, -0.2) is 17.2 Å². The fourth-order valence-corrected chi connectivity index (χ4v) is 1.69. The van der Waals surface area contributed by atoms with Crippen molar-refractivity contribution in [2.24, 2.45) is 5.41 Å². The summed E-state index contributed by atoms with van der Waals surface area (Å²) < 4.78 is 5.93. The van der Waals surface area contributed by atoms with Crippen LogP contribution in [0.15, 0.2) is 24.4 Å². The first-order chi connectivity index (χ1) is 7.70. The van der Waals surface area contributed by atoms with Crippen molar-refractivity contribution < 1.29 is 4.74 Å². The quantitative estimate of drug-likeness (QED) is 0.789. The van der Waals surface area contributed by atoms with E-state index in [0.29, 0.717) is 12.5 Å². The molecule has 1 rings (SSSR count). The van der Waals surface area contributed by atoms with E-state index < -0.39 is 0 Å². The Labute approximate surface area is 105 Å². The van der Waals surface area contributed by atoms with Crippen LogP contribution in [0.4, 0.5) is 0 Å². The second-order valence-electron chi connectivity index (χ2n) is 6.60. The summed E-state index contributed by atoms with van der Waals surface area (Å²) in [4.78, 5) is 4.47. The molecule has 0 saturated heterocycles. The Bertz CT molecular complexity index is 332. The number of nitrogens with zero attached hydrogens (tertiary/aromatic N) is 1. The summed E-state index contributed by atoms with van der Waals surface area (Å²) in [6.07, 6.45) is 1.85. The highest BCUT2D eigenvalue weighted by atomic mass is 16.5. The standard InChI is InChI=1S/C15H25NO/c1-14(2,3)12(11-17-15(4,5)6)13-9-7-8-10-16-13/h7-10,12H,11H2,1-6H3/t12-/m0/s1. The molecule has 1 aromatic heterocycles. The second kappa shape index (κ2) is 5.18. The lowest BCUT2D eigenvalue weighted by Crippen LogP contribution is -2.29. The van der Waals surface area contributed by atoms with Gasteiger partial charge in [-0.3, -0.25) is 4.98 Å². The van der Waals surface area contributed by atoms with Crippen LogP contribution in [0.25, 0.3) is 0 Å². The number of hydrogen-bond acceptors (Lipinski definition) is 2. The van der Waals surface area contributed by atoms with Crippen LogP contribution in [0.1, 0.15) is 53.2 Å². The van der Waals surface area contributed by atoms with Crippen molar-refractivity contribution in [2.45, 2.75) is 53.1 Å². The van der Waals surface area contributed by atoms with Gasteiger partial charge in [-0.05, 0) is 38.3 Å². The number of rotatable bonds is 3. The monoisotopic (exact) mass is 235 g/mol. The highest BCUT2D eigenvalue weighted by molar-refractivity contribution is 5.12. The van der Waals surface area contributed by atoms with Gasteiger partial charge in [-0.1, -0.05) is 26.8 Å². The highest BCUT2D eigenvalue weighted by Crippen LogP contribution is 2.34. The Kier molecular flexibility index (Phi) is 4.31. The maximum absolute atomic E-state index is 5.93. The van der Waals surface area contributed by atoms with Gasteiger partial charge in [-0.15, -0.1) is 0 Å². The van der Waals surface area contributed by atoms with E-state index in [1.54, 1.807) is 0 Å². The van der Waals surface area contributed by atoms with Crippen LogP contribution in [0.3, 0.4) is 0 Å². The van der Waals surface area contributed by atoms with Crippen LogP contribution >= 0.6 is 0 Å². The molecule has 0 bridgehead atoms. The number of aromatic nitrogens is 1. The molecule has 0 amide bonds. The molecule has 96 valence electrons. The van der Waals surface area contributed by atoms with Crippen molar-refractivity contribution in [3.05, 3.63) is 30.1 Å². The maximum atomic E-state index is 5.93. The summed E-state index contributed by atoms with van der Waals surface area (Å²) in [5.41, 5.74) is 1.17. The summed E-state index contributed by atoms with van der Waals surface area (Å²) in [5, 5.41) is 0. The van der Waals surface area contributed by atoms with E-state index in [0.717, 1.165) is 5.69 Å². The largest absolute Gasteiger partial charge is 0.375 e. The third-order valence-electron chi connectivity index (χ3n) is 2.77. The van der Waals surface area contributed by atoms with E-state index in [9.17, 15) is 0 Å². The van der Waals surface area contributed by atoms with Crippen molar-refractivity contribution in [3.8, 4) is 0 Å². The normalized spacial score (nSPS) is 14.7. The number of pyridine rings is 1. The number of hydrogen-bond donors (Lipinski definition) is 0. The first-order valence-electron chi connectivity index (χ1n) is 6.25. The highest BCUT2D eigenvalue weighted by Gasteiger charge is 2.29. The molecule has 17 heavy (non-hydrogen) atoms. The molecule has 1 atom stereocenters. The van der Waals surface area contributed by atoms with Crippen LogP contribution in [-0.2, 0) is 4.74 Å². The van der Waals surface area contributed by atoms with Crippen LogP contribution in [0.2, 0.25) is 0 Å². The zero-order valence-corrected chi connectivity index (χ0v) is 11.9. The Hall–Kier alpha value is -0.890. The fourth-order valence-electron chi connectivity index (χ4n) is 1.69. The van der Waals surface area contributed by atoms with Crippen LogP contribution in [0.5, 0.6) is 0 Å². The minimum Gasteiger partial charge on any atom is -0.375 e. The summed E-state index contributed by atoms with van der Waals surface area (Å²) >= 11 is 0. The van der Waals surface area contributed by atoms with E-state index in [1.165, 1.54) is 0 Å². The van der Waals surface area contributed by atoms with Crippen molar-refractivity contribution in [1.29, 1.82) is 0 Å². The molecule has 0 aromatic carbocycles. The molecule has 1 heterocycles. The zero-order chi connectivity index (χ0) is 13.1. The van der Waals surface area contributed by atoms with Crippen LogP contribution in [0, 0.1) is 5.41 Å². The first-order valence-corrected chi connectivity index (χ1v) is 6.25. The molecule has 0 fully saturated rings. The fraction of sp³-hybridized carbons (Fsp3) is 0.667. The summed E-state index contributed by atoms with van der Waals surface area (Å²) in [6, 6.07) is 6.08. The Balaban J connectivity index is 2.83. The van der Waals surface area contributed by atoms with Crippen molar-refractivity contribution >= 4 is 0 Å². The van der Waals surface area contributed by atoms with E-state index in [4.69, 9.17) is 4.74 Å². The Morgan fingerprint density at radius 2 is 1.76 bits per heavy atom. The average Bonchev–Trinajstić information content (AvgIpc) is 2.15. The molecule has 0 spiro atoms. The molecule has 0 unspecified atom stereocenters. The van der Waals surface area contributed by atoms with Gasteiger partial charge in [0.05, 0.1) is 12.2 Å². The van der Waals surface area contributed by atoms with E-state index in [2.05, 4.69) is 52.6 Å². The van der Waals surface area contributed by atoms with Crippen molar-refractivity contribution in [3.63, 3.8) is 0 Å². The molecular formula is C15H25NO. The molecule has 0 aliphatic heterocycles. The topological polar surface area (TPSA) is 22.1 Å². The molecule has 0 radical (unpaired) electrons. The predicted octanol–water partition coefficient (Wildman–Crippen LogP) is 4.03. The molecule has 1 aromatic rings. The maximum Gasteiger partial charge on any atom is 0.0598 e. The van der Waals surface area contributed by atoms with Gasteiger partial charge in [-0.25, -0.2) is 0 Å². The summed E-state index contributed by atoms with van der Waals surface area (Å²) in [5.74, 6) is 0.322. The summed E-state index contributed by atoms with van der Waals surface area (Å²) in [6.45, 7) is 13.7. The Morgan fingerprint density at radius 3 is 2.18 bits per heavy atom. The van der Waals surface area contributed by atoms with Gasteiger partial charge in [0.1, 0.15) is 0 Å². The lowest BCUT2D eigenvalue weighted by atomic mass is 9.79. The molecular weight excluding hydrogens is 210 g/mol. The first kappa shape index (κ1) is 14.2. The Morgan fingerprint density at radius 1 is 1.12 bits per heavy atom. The smallest absolute Gasteiger partial charge is 0.0598 e. The molecule has 0 N–H and O–H groups in total. The minimum absolute atomic E-state index is 0.0989. The van der Waals surface area contributed by atoms with Gasteiger partial charge in [0.15, 0.2) is 0 Å². The van der Waals surface area contributed by atoms with E-state index >= 15 is 0 Å². The predicted molar refractivity (Wildman–Crippen MR) is 72.1 cm³/mol. The van der Waals surface area contributed by atoms with Crippen molar-refractivity contribution in [1.82, 2.24) is 4.98 Å². The van der Waals surface area contributed by atoms with Crippen molar-refractivity contribution in [2.75, 3.05) is 6.61 Å². The lowest BCUT2D eigenvalue weighted by Gasteiger charge is -2.32. The van der Waals surface area contributed by atoms with Gasteiger partial charge >= 0.3 is 0 Å². The SMILES string of the molecule is CC(C)(C)OC[C@@H](c1ccccn1)C(C)(C)C. The molecule has 0 aliphatic carbocycles. The van der Waals surface area contributed by atoms with Gasteiger partial charge in [0.25, 0.3) is 0 Å². The second-order valence-corrected chi connectivity index (χ2v) is 6.60. The molecule has 2 nitrogen and oxygen atoms in total. The van der Waals surface area contributed by atoms with Gasteiger partial charge in [0.2, 0.25) is 0 Å². The van der Waals surface area contributed by atoms with Gasteiger partial charge in [0, 0.05) is 17.8 Å². The summed E-state index contributed by atoms with van der Waals surface area (Å²) in [7, 11) is 0. The molecule has 0 saturated carbocycles. The van der Waals surface area contributed by atoms with Crippen LogP contribution < -0.4 is 0 Å². The van der Waals surface area contributed by atoms with Gasteiger partial charge in [-0.2, -0.15) is 0 Å².